The van der Waals surface area contributed by atoms with E-state index in [9.17, 15) is 9.59 Å². The molecule has 5 nitrogen and oxygen atoms in total. The molecule has 0 radical (unpaired) electrons. The fourth-order valence-corrected chi connectivity index (χ4v) is 3.42. The van der Waals surface area contributed by atoms with Crippen molar-refractivity contribution in [2.24, 2.45) is 0 Å². The third-order valence-corrected chi connectivity index (χ3v) is 4.96. The molecular weight excluding hydrogens is 346 g/mol. The molecule has 3 aromatic rings. The topological polar surface area (TPSA) is 71.1 Å². The smallest absolute Gasteiger partial charge is 0.263 e. The van der Waals surface area contributed by atoms with Crippen molar-refractivity contribution in [3.05, 3.63) is 76.8 Å². The average Bonchev–Trinajstić information content (AvgIpc) is 3.08. The SMILES string of the molecule is Cc1nc(-c2ccccc2)sc1C(=O)NCCNC(=O)c1ccccc1. The van der Waals surface area contributed by atoms with E-state index >= 15 is 0 Å². The van der Waals surface area contributed by atoms with Crippen LogP contribution < -0.4 is 10.6 Å². The Morgan fingerprint density at radius 2 is 1.46 bits per heavy atom. The molecule has 2 N–H and O–H groups in total. The molecule has 26 heavy (non-hydrogen) atoms. The quantitative estimate of drug-likeness (QED) is 0.659. The molecule has 0 unspecified atom stereocenters. The summed E-state index contributed by atoms with van der Waals surface area (Å²) in [6.45, 7) is 2.55. The second-order valence-electron chi connectivity index (χ2n) is 5.68. The minimum absolute atomic E-state index is 0.153. The number of benzene rings is 2. The summed E-state index contributed by atoms with van der Waals surface area (Å²) in [6, 6.07) is 18.8. The molecule has 1 heterocycles. The maximum Gasteiger partial charge on any atom is 0.263 e. The van der Waals surface area contributed by atoms with Crippen LogP contribution in [-0.4, -0.2) is 29.9 Å². The summed E-state index contributed by atoms with van der Waals surface area (Å²) in [7, 11) is 0. The van der Waals surface area contributed by atoms with E-state index in [1.165, 1.54) is 11.3 Å². The molecule has 0 aliphatic carbocycles. The van der Waals surface area contributed by atoms with E-state index in [-0.39, 0.29) is 11.8 Å². The summed E-state index contributed by atoms with van der Waals surface area (Å²) < 4.78 is 0. The first kappa shape index (κ1) is 17.8. The number of hydrogen-bond acceptors (Lipinski definition) is 4. The Balaban J connectivity index is 1.53. The molecule has 0 saturated heterocycles. The number of nitrogens with zero attached hydrogens (tertiary/aromatic N) is 1. The van der Waals surface area contributed by atoms with E-state index in [0.29, 0.717) is 29.2 Å². The normalized spacial score (nSPS) is 10.3. The number of aromatic nitrogens is 1. The zero-order valence-corrected chi connectivity index (χ0v) is 15.2. The van der Waals surface area contributed by atoms with Gasteiger partial charge in [0.25, 0.3) is 11.8 Å². The molecule has 2 amide bonds. The number of carbonyl (C=O) groups is 2. The zero-order valence-electron chi connectivity index (χ0n) is 14.4. The summed E-state index contributed by atoms with van der Waals surface area (Å²) in [6.07, 6.45) is 0. The van der Waals surface area contributed by atoms with Crippen LogP contribution in [0, 0.1) is 6.92 Å². The summed E-state index contributed by atoms with van der Waals surface area (Å²) in [5, 5.41) is 6.44. The van der Waals surface area contributed by atoms with Crippen LogP contribution >= 0.6 is 11.3 Å². The van der Waals surface area contributed by atoms with Crippen molar-refractivity contribution in [1.82, 2.24) is 15.6 Å². The highest BCUT2D eigenvalue weighted by Gasteiger charge is 2.15. The maximum absolute atomic E-state index is 12.4. The molecule has 0 fully saturated rings. The molecule has 0 aliphatic rings. The highest BCUT2D eigenvalue weighted by Crippen LogP contribution is 2.27. The van der Waals surface area contributed by atoms with Crippen LogP contribution in [0.2, 0.25) is 0 Å². The van der Waals surface area contributed by atoms with Gasteiger partial charge in [0.15, 0.2) is 0 Å². The minimum atomic E-state index is -0.170. The van der Waals surface area contributed by atoms with E-state index in [2.05, 4.69) is 15.6 Å². The lowest BCUT2D eigenvalue weighted by Gasteiger charge is -2.06. The first-order valence-corrected chi connectivity index (χ1v) is 9.11. The number of nitrogens with one attached hydrogen (secondary N) is 2. The third-order valence-electron chi connectivity index (χ3n) is 3.76. The van der Waals surface area contributed by atoms with Gasteiger partial charge in [-0.3, -0.25) is 9.59 Å². The second kappa shape index (κ2) is 8.40. The highest BCUT2D eigenvalue weighted by molar-refractivity contribution is 7.17. The predicted molar refractivity (Wildman–Crippen MR) is 103 cm³/mol. The first-order valence-electron chi connectivity index (χ1n) is 8.29. The van der Waals surface area contributed by atoms with E-state index in [4.69, 9.17) is 0 Å². The molecule has 6 heteroatoms. The largest absolute Gasteiger partial charge is 0.350 e. The Morgan fingerprint density at radius 3 is 2.12 bits per heavy atom. The van der Waals surface area contributed by atoms with Crippen molar-refractivity contribution < 1.29 is 9.59 Å². The van der Waals surface area contributed by atoms with Crippen molar-refractivity contribution in [3.63, 3.8) is 0 Å². The van der Waals surface area contributed by atoms with E-state index in [0.717, 1.165) is 10.6 Å². The first-order chi connectivity index (χ1) is 12.6. The Bertz CT molecular complexity index is 892. The molecule has 0 saturated carbocycles. The maximum atomic E-state index is 12.4. The van der Waals surface area contributed by atoms with Gasteiger partial charge in [-0.2, -0.15) is 0 Å². The number of carbonyl (C=O) groups excluding carboxylic acids is 2. The lowest BCUT2D eigenvalue weighted by molar-refractivity contribution is 0.0929. The Hall–Kier alpha value is -2.99. The van der Waals surface area contributed by atoms with Crippen LogP contribution in [-0.2, 0) is 0 Å². The Labute approximate surface area is 156 Å². The second-order valence-corrected chi connectivity index (χ2v) is 6.68. The molecule has 0 atom stereocenters. The van der Waals surface area contributed by atoms with Crippen LogP contribution in [0.25, 0.3) is 10.6 Å². The third kappa shape index (κ3) is 4.34. The number of hydrogen-bond donors (Lipinski definition) is 2. The molecule has 132 valence electrons. The summed E-state index contributed by atoms with van der Waals surface area (Å²) >= 11 is 1.37. The standard InChI is InChI=1S/C20H19N3O2S/c1-14-17(26-20(23-14)16-10-6-3-7-11-16)19(25)22-13-12-21-18(24)15-8-4-2-5-9-15/h2-11H,12-13H2,1H3,(H,21,24)(H,22,25). The lowest BCUT2D eigenvalue weighted by atomic mass is 10.2. The van der Waals surface area contributed by atoms with Crippen LogP contribution in [0.1, 0.15) is 25.7 Å². The molecule has 0 bridgehead atoms. The summed E-state index contributed by atoms with van der Waals surface area (Å²) in [5.74, 6) is -0.323. The molecule has 0 aliphatic heterocycles. The van der Waals surface area contributed by atoms with E-state index < -0.39 is 0 Å². The zero-order chi connectivity index (χ0) is 18.4. The molecular formula is C20H19N3O2S. The summed E-state index contributed by atoms with van der Waals surface area (Å²) in [5.41, 5.74) is 2.30. The van der Waals surface area contributed by atoms with Crippen molar-refractivity contribution >= 4 is 23.2 Å². The Kier molecular flexibility index (Phi) is 5.76. The van der Waals surface area contributed by atoms with Gasteiger partial charge < -0.3 is 10.6 Å². The van der Waals surface area contributed by atoms with Gasteiger partial charge in [-0.1, -0.05) is 48.5 Å². The van der Waals surface area contributed by atoms with Gasteiger partial charge in [-0.05, 0) is 19.1 Å². The number of aryl methyl sites for hydroxylation is 1. The molecule has 0 spiro atoms. The van der Waals surface area contributed by atoms with Gasteiger partial charge in [0, 0.05) is 24.2 Å². The van der Waals surface area contributed by atoms with Crippen LogP contribution in [0.3, 0.4) is 0 Å². The highest BCUT2D eigenvalue weighted by atomic mass is 32.1. The Morgan fingerprint density at radius 1 is 0.885 bits per heavy atom. The average molecular weight is 365 g/mol. The van der Waals surface area contributed by atoms with Gasteiger partial charge >= 0.3 is 0 Å². The molecule has 3 rings (SSSR count). The van der Waals surface area contributed by atoms with Gasteiger partial charge in [0.2, 0.25) is 0 Å². The van der Waals surface area contributed by atoms with Gasteiger partial charge in [-0.15, -0.1) is 11.3 Å². The predicted octanol–water partition coefficient (Wildman–Crippen LogP) is 3.28. The van der Waals surface area contributed by atoms with Gasteiger partial charge in [0.1, 0.15) is 9.88 Å². The fraction of sp³-hybridized carbons (Fsp3) is 0.150. The van der Waals surface area contributed by atoms with Gasteiger partial charge in [-0.25, -0.2) is 4.98 Å². The van der Waals surface area contributed by atoms with Crippen LogP contribution in [0.4, 0.5) is 0 Å². The summed E-state index contributed by atoms with van der Waals surface area (Å²) in [4.78, 5) is 29.4. The lowest BCUT2D eigenvalue weighted by Crippen LogP contribution is -2.34. The minimum Gasteiger partial charge on any atom is -0.350 e. The van der Waals surface area contributed by atoms with Crippen molar-refractivity contribution in [2.75, 3.05) is 13.1 Å². The molecule has 2 aromatic carbocycles. The number of rotatable bonds is 6. The van der Waals surface area contributed by atoms with Crippen LogP contribution in [0.15, 0.2) is 60.7 Å². The monoisotopic (exact) mass is 365 g/mol. The number of amides is 2. The van der Waals surface area contributed by atoms with Crippen LogP contribution in [0.5, 0.6) is 0 Å². The number of thiazole rings is 1. The fourth-order valence-electron chi connectivity index (χ4n) is 2.44. The van der Waals surface area contributed by atoms with Gasteiger partial charge in [0.05, 0.1) is 5.69 Å². The van der Waals surface area contributed by atoms with E-state index in [1.54, 1.807) is 12.1 Å². The van der Waals surface area contributed by atoms with E-state index in [1.807, 2.05) is 55.5 Å². The van der Waals surface area contributed by atoms with Crippen molar-refractivity contribution in [3.8, 4) is 10.6 Å². The van der Waals surface area contributed by atoms with Crippen molar-refractivity contribution in [2.45, 2.75) is 6.92 Å². The molecule has 1 aromatic heterocycles. The van der Waals surface area contributed by atoms with Crippen molar-refractivity contribution in [1.29, 1.82) is 0 Å².